The van der Waals surface area contributed by atoms with Crippen molar-refractivity contribution in [1.82, 2.24) is 9.78 Å². The van der Waals surface area contributed by atoms with Crippen LogP contribution >= 0.6 is 0 Å². The van der Waals surface area contributed by atoms with Gasteiger partial charge in [-0.1, -0.05) is 6.07 Å². The molecule has 7 heteroatoms. The molecule has 0 atom stereocenters. The van der Waals surface area contributed by atoms with Gasteiger partial charge in [-0.2, -0.15) is 5.10 Å². The Bertz CT molecular complexity index is 705. The molecule has 0 aliphatic carbocycles. The Morgan fingerprint density at radius 1 is 1.29 bits per heavy atom. The average molecular weight is 287 g/mol. The molecule has 0 fully saturated rings. The summed E-state index contributed by atoms with van der Waals surface area (Å²) in [5.74, 6) is -0.223. The molecule has 7 nitrogen and oxygen atoms in total. The third kappa shape index (κ3) is 3.19. The summed E-state index contributed by atoms with van der Waals surface area (Å²) in [6, 6.07) is 5.28. The number of hydrogen-bond acceptors (Lipinski definition) is 4. The van der Waals surface area contributed by atoms with Crippen molar-refractivity contribution in [3.8, 4) is 0 Å². The summed E-state index contributed by atoms with van der Waals surface area (Å²) < 4.78 is 1.43. The number of nitrogen functional groups attached to an aromatic ring is 1. The maximum absolute atomic E-state index is 12.2. The molecule has 4 N–H and O–H groups in total. The Balaban J connectivity index is 2.24. The zero-order valence-corrected chi connectivity index (χ0v) is 12.1. The minimum absolute atomic E-state index is 0.173. The zero-order valence-electron chi connectivity index (χ0n) is 12.1. The van der Waals surface area contributed by atoms with Crippen LogP contribution in [-0.4, -0.2) is 21.6 Å². The summed E-state index contributed by atoms with van der Waals surface area (Å²) >= 11 is 0. The van der Waals surface area contributed by atoms with Crippen LogP contribution in [0.15, 0.2) is 24.4 Å². The summed E-state index contributed by atoms with van der Waals surface area (Å²) in [5, 5.41) is 9.37. The fraction of sp³-hybridized carbons (Fsp3) is 0.214. The predicted molar refractivity (Wildman–Crippen MR) is 81.1 cm³/mol. The van der Waals surface area contributed by atoms with Gasteiger partial charge in [0.25, 0.3) is 5.91 Å². The molecular weight excluding hydrogens is 270 g/mol. The molecule has 110 valence electrons. The van der Waals surface area contributed by atoms with E-state index < -0.39 is 0 Å². The quantitative estimate of drug-likeness (QED) is 0.796. The fourth-order valence-electron chi connectivity index (χ4n) is 1.85. The van der Waals surface area contributed by atoms with E-state index in [-0.39, 0.29) is 11.8 Å². The highest BCUT2D eigenvalue weighted by Gasteiger charge is 2.15. The topological polar surface area (TPSA) is 102 Å². The second-order valence-corrected chi connectivity index (χ2v) is 4.73. The van der Waals surface area contributed by atoms with E-state index in [0.717, 1.165) is 5.56 Å². The second kappa shape index (κ2) is 5.66. The Labute approximate surface area is 122 Å². The van der Waals surface area contributed by atoms with E-state index in [1.165, 1.54) is 17.8 Å². The van der Waals surface area contributed by atoms with E-state index in [4.69, 9.17) is 5.73 Å². The third-order valence-electron chi connectivity index (χ3n) is 3.04. The van der Waals surface area contributed by atoms with Crippen molar-refractivity contribution < 1.29 is 9.59 Å². The summed E-state index contributed by atoms with van der Waals surface area (Å²) in [6.45, 7) is 3.29. The Morgan fingerprint density at radius 3 is 2.57 bits per heavy atom. The molecule has 1 aromatic heterocycles. The molecule has 1 heterocycles. The molecule has 0 saturated heterocycles. The van der Waals surface area contributed by atoms with Crippen LogP contribution in [0.1, 0.15) is 22.8 Å². The van der Waals surface area contributed by atoms with Crippen LogP contribution in [-0.2, 0) is 11.8 Å². The Kier molecular flexibility index (Phi) is 3.93. The molecule has 0 aliphatic rings. The van der Waals surface area contributed by atoms with Crippen molar-refractivity contribution in [3.05, 3.63) is 35.5 Å². The van der Waals surface area contributed by atoms with Gasteiger partial charge in [0.2, 0.25) is 5.91 Å². The highest BCUT2D eigenvalue weighted by atomic mass is 16.2. The van der Waals surface area contributed by atoms with Gasteiger partial charge < -0.3 is 16.4 Å². The molecule has 21 heavy (non-hydrogen) atoms. The van der Waals surface area contributed by atoms with Crippen LogP contribution in [0.5, 0.6) is 0 Å². The molecule has 0 spiro atoms. The predicted octanol–water partition coefficient (Wildman–Crippen LogP) is 1.52. The van der Waals surface area contributed by atoms with Gasteiger partial charge in [0.1, 0.15) is 11.4 Å². The highest BCUT2D eigenvalue weighted by Crippen LogP contribution is 2.22. The maximum atomic E-state index is 12.2. The summed E-state index contributed by atoms with van der Waals surface area (Å²) in [6.07, 6.45) is 1.41. The summed E-state index contributed by atoms with van der Waals surface area (Å²) in [5.41, 5.74) is 8.18. The Hall–Kier alpha value is -2.83. The first kappa shape index (κ1) is 14.6. The molecule has 0 radical (unpaired) electrons. The van der Waals surface area contributed by atoms with Gasteiger partial charge in [-0.15, -0.1) is 0 Å². The first-order valence-electron chi connectivity index (χ1n) is 6.35. The number of aromatic nitrogens is 2. The molecule has 2 rings (SSSR count). The molecule has 0 bridgehead atoms. The van der Waals surface area contributed by atoms with Crippen molar-refractivity contribution in [2.75, 3.05) is 16.4 Å². The van der Waals surface area contributed by atoms with Gasteiger partial charge in [0.15, 0.2) is 0 Å². The normalized spacial score (nSPS) is 10.2. The largest absolute Gasteiger partial charge is 0.383 e. The van der Waals surface area contributed by atoms with Gasteiger partial charge in [-0.25, -0.2) is 0 Å². The Morgan fingerprint density at radius 2 is 2.00 bits per heavy atom. The molecule has 2 aromatic rings. The molecule has 0 aliphatic heterocycles. The van der Waals surface area contributed by atoms with E-state index in [9.17, 15) is 9.59 Å². The number of nitrogens with two attached hydrogens (primary N) is 1. The van der Waals surface area contributed by atoms with Crippen molar-refractivity contribution in [2.24, 2.45) is 7.05 Å². The number of aryl methyl sites for hydroxylation is 2. The first-order valence-corrected chi connectivity index (χ1v) is 6.35. The highest BCUT2D eigenvalue weighted by molar-refractivity contribution is 6.07. The van der Waals surface area contributed by atoms with Gasteiger partial charge in [-0.3, -0.25) is 14.3 Å². The number of nitrogens with one attached hydrogen (secondary N) is 2. The number of carbonyl (C=O) groups excluding carboxylic acids is 2. The van der Waals surface area contributed by atoms with E-state index in [0.29, 0.717) is 22.8 Å². The number of anilines is 3. The molecule has 1 aromatic carbocycles. The van der Waals surface area contributed by atoms with E-state index in [2.05, 4.69) is 15.7 Å². The van der Waals surface area contributed by atoms with Gasteiger partial charge >= 0.3 is 0 Å². The fourth-order valence-corrected chi connectivity index (χ4v) is 1.85. The average Bonchev–Trinajstić information content (AvgIpc) is 2.73. The maximum Gasteiger partial charge on any atom is 0.261 e. The number of nitrogens with zero attached hydrogens (tertiary/aromatic N) is 2. The second-order valence-electron chi connectivity index (χ2n) is 4.73. The van der Waals surface area contributed by atoms with E-state index in [1.54, 1.807) is 19.2 Å². The van der Waals surface area contributed by atoms with Crippen LogP contribution < -0.4 is 16.4 Å². The molecule has 0 unspecified atom stereocenters. The number of rotatable bonds is 3. The minimum Gasteiger partial charge on any atom is -0.383 e. The smallest absolute Gasteiger partial charge is 0.261 e. The number of carbonyl (C=O) groups is 2. The standard InChI is InChI=1S/C14H17N5O2/c1-8-4-5-10(17-9(2)20)6-12(8)18-14(21)11-7-16-19(3)13(11)15/h4-7H,15H2,1-3H3,(H,17,20)(H,18,21). The van der Waals surface area contributed by atoms with Gasteiger partial charge in [0, 0.05) is 25.3 Å². The van der Waals surface area contributed by atoms with Crippen LogP contribution in [0.3, 0.4) is 0 Å². The monoisotopic (exact) mass is 287 g/mol. The SMILES string of the molecule is CC(=O)Nc1ccc(C)c(NC(=O)c2cnn(C)c2N)c1. The van der Waals surface area contributed by atoms with E-state index >= 15 is 0 Å². The molecule has 0 saturated carbocycles. The van der Waals surface area contributed by atoms with Crippen LogP contribution in [0.4, 0.5) is 17.2 Å². The van der Waals surface area contributed by atoms with Crippen molar-refractivity contribution in [2.45, 2.75) is 13.8 Å². The zero-order chi connectivity index (χ0) is 15.6. The number of hydrogen-bond donors (Lipinski definition) is 3. The summed E-state index contributed by atoms with van der Waals surface area (Å²) in [4.78, 5) is 23.3. The first-order chi connectivity index (χ1) is 9.88. The lowest BCUT2D eigenvalue weighted by Crippen LogP contribution is -2.15. The van der Waals surface area contributed by atoms with Crippen LogP contribution in [0, 0.1) is 6.92 Å². The lowest BCUT2D eigenvalue weighted by molar-refractivity contribution is -0.114. The number of amides is 2. The van der Waals surface area contributed by atoms with E-state index in [1.807, 2.05) is 13.0 Å². The van der Waals surface area contributed by atoms with Crippen LogP contribution in [0.2, 0.25) is 0 Å². The molecule has 2 amide bonds. The van der Waals surface area contributed by atoms with Crippen molar-refractivity contribution >= 4 is 29.0 Å². The van der Waals surface area contributed by atoms with Gasteiger partial charge in [0.05, 0.1) is 6.20 Å². The lowest BCUT2D eigenvalue weighted by atomic mass is 10.1. The third-order valence-corrected chi connectivity index (χ3v) is 3.04. The van der Waals surface area contributed by atoms with Crippen molar-refractivity contribution in [3.63, 3.8) is 0 Å². The van der Waals surface area contributed by atoms with Crippen LogP contribution in [0.25, 0.3) is 0 Å². The van der Waals surface area contributed by atoms with Crippen molar-refractivity contribution in [1.29, 1.82) is 0 Å². The van der Waals surface area contributed by atoms with Gasteiger partial charge in [-0.05, 0) is 24.6 Å². The minimum atomic E-state index is -0.344. The lowest BCUT2D eigenvalue weighted by Gasteiger charge is -2.10. The number of benzene rings is 1. The molecular formula is C14H17N5O2. The summed E-state index contributed by atoms with van der Waals surface area (Å²) in [7, 11) is 1.66.